The van der Waals surface area contributed by atoms with Gasteiger partial charge in [-0.1, -0.05) is 6.07 Å². The van der Waals surface area contributed by atoms with Crippen LogP contribution in [-0.2, 0) is 6.42 Å². The van der Waals surface area contributed by atoms with Gasteiger partial charge in [-0.3, -0.25) is 0 Å². The Balaban J connectivity index is 2.01. The molecule has 4 heteroatoms. The first-order valence-corrected chi connectivity index (χ1v) is 6.19. The van der Waals surface area contributed by atoms with E-state index in [1.807, 2.05) is 17.5 Å². The van der Waals surface area contributed by atoms with Crippen LogP contribution in [0.15, 0.2) is 35.7 Å². The van der Waals surface area contributed by atoms with Crippen molar-refractivity contribution < 1.29 is 13.9 Å². The van der Waals surface area contributed by atoms with E-state index >= 15 is 0 Å². The molecular weight excluding hydrogens is 242 g/mol. The Morgan fingerprint density at radius 1 is 1.18 bits per heavy atom. The Morgan fingerprint density at radius 2 is 1.88 bits per heavy atom. The van der Waals surface area contributed by atoms with Crippen LogP contribution in [0.1, 0.15) is 23.0 Å². The van der Waals surface area contributed by atoms with Crippen LogP contribution in [0.5, 0.6) is 0 Å². The van der Waals surface area contributed by atoms with E-state index in [0.717, 1.165) is 10.9 Å². The topological polar surface area (TPSA) is 20.2 Å². The number of aliphatic hydroxyl groups is 1. The lowest BCUT2D eigenvalue weighted by molar-refractivity contribution is 0.167. The Bertz CT molecular complexity index is 462. The van der Waals surface area contributed by atoms with E-state index < -0.39 is 17.7 Å². The summed E-state index contributed by atoms with van der Waals surface area (Å²) >= 11 is 1.61. The molecule has 2 rings (SSSR count). The molecule has 1 nitrogen and oxygen atoms in total. The van der Waals surface area contributed by atoms with Gasteiger partial charge in [0.05, 0.1) is 6.10 Å². The summed E-state index contributed by atoms with van der Waals surface area (Å²) in [5, 5.41) is 11.8. The van der Waals surface area contributed by atoms with Crippen molar-refractivity contribution in [2.24, 2.45) is 0 Å². The van der Waals surface area contributed by atoms with Crippen molar-refractivity contribution in [2.45, 2.75) is 18.9 Å². The van der Waals surface area contributed by atoms with Gasteiger partial charge in [-0.15, -0.1) is 11.3 Å². The summed E-state index contributed by atoms with van der Waals surface area (Å²) in [5.41, 5.74) is 0.291. The van der Waals surface area contributed by atoms with Crippen molar-refractivity contribution in [3.8, 4) is 0 Å². The number of aryl methyl sites for hydroxylation is 1. The molecule has 2 aromatic rings. The lowest BCUT2D eigenvalue weighted by Crippen LogP contribution is -2.00. The molecule has 0 saturated carbocycles. The highest BCUT2D eigenvalue weighted by Gasteiger charge is 2.10. The van der Waals surface area contributed by atoms with Gasteiger partial charge in [-0.2, -0.15) is 0 Å². The maximum Gasteiger partial charge on any atom is 0.126 e. The Hall–Kier alpha value is -1.26. The smallest absolute Gasteiger partial charge is 0.126 e. The molecule has 0 spiro atoms. The van der Waals surface area contributed by atoms with Gasteiger partial charge in [0, 0.05) is 10.9 Å². The van der Waals surface area contributed by atoms with Gasteiger partial charge in [-0.25, -0.2) is 8.78 Å². The van der Waals surface area contributed by atoms with Crippen molar-refractivity contribution in [1.29, 1.82) is 0 Å². The van der Waals surface area contributed by atoms with Crippen LogP contribution >= 0.6 is 11.3 Å². The number of benzene rings is 1. The molecule has 0 amide bonds. The van der Waals surface area contributed by atoms with E-state index in [2.05, 4.69) is 0 Å². The highest BCUT2D eigenvalue weighted by molar-refractivity contribution is 7.09. The SMILES string of the molecule is OC(CCc1cccs1)c1cc(F)cc(F)c1. The molecule has 1 N–H and O–H groups in total. The largest absolute Gasteiger partial charge is 0.388 e. The Labute approximate surface area is 102 Å². The fraction of sp³-hybridized carbons (Fsp3) is 0.231. The van der Waals surface area contributed by atoms with Gasteiger partial charge in [0.2, 0.25) is 0 Å². The molecule has 90 valence electrons. The van der Waals surface area contributed by atoms with Crippen molar-refractivity contribution in [3.63, 3.8) is 0 Å². The van der Waals surface area contributed by atoms with E-state index in [4.69, 9.17) is 0 Å². The summed E-state index contributed by atoms with van der Waals surface area (Å²) < 4.78 is 25.9. The normalized spacial score (nSPS) is 12.6. The Kier molecular flexibility index (Phi) is 3.86. The minimum Gasteiger partial charge on any atom is -0.388 e. The van der Waals surface area contributed by atoms with Crippen LogP contribution in [0.2, 0.25) is 0 Å². The van der Waals surface area contributed by atoms with Crippen molar-refractivity contribution in [2.75, 3.05) is 0 Å². The molecule has 1 aromatic heterocycles. The predicted molar refractivity (Wildman–Crippen MR) is 64.0 cm³/mol. The summed E-state index contributed by atoms with van der Waals surface area (Å²) in [6, 6.07) is 7.05. The molecule has 0 aliphatic heterocycles. The molecule has 1 atom stereocenters. The van der Waals surface area contributed by atoms with Gasteiger partial charge >= 0.3 is 0 Å². The number of thiophene rings is 1. The quantitative estimate of drug-likeness (QED) is 0.882. The maximum absolute atomic E-state index is 13.0. The molecule has 0 bridgehead atoms. The van der Waals surface area contributed by atoms with Gasteiger partial charge in [0.15, 0.2) is 0 Å². The molecule has 0 fully saturated rings. The molecular formula is C13H12F2OS. The molecule has 0 radical (unpaired) electrons. The van der Waals surface area contributed by atoms with Crippen LogP contribution in [0, 0.1) is 11.6 Å². The molecule has 1 heterocycles. The first-order valence-electron chi connectivity index (χ1n) is 5.31. The molecule has 0 saturated heterocycles. The minimum atomic E-state index is -0.831. The number of hydrogen-bond acceptors (Lipinski definition) is 2. The van der Waals surface area contributed by atoms with Gasteiger partial charge in [0.1, 0.15) is 11.6 Å². The average Bonchev–Trinajstić information content (AvgIpc) is 2.77. The molecule has 1 unspecified atom stereocenters. The third-order valence-electron chi connectivity index (χ3n) is 2.51. The molecule has 1 aromatic carbocycles. The maximum atomic E-state index is 13.0. The highest BCUT2D eigenvalue weighted by atomic mass is 32.1. The van der Waals surface area contributed by atoms with Crippen molar-refractivity contribution in [3.05, 3.63) is 57.8 Å². The highest BCUT2D eigenvalue weighted by Crippen LogP contribution is 2.22. The first kappa shape index (κ1) is 12.2. The predicted octanol–water partition coefficient (Wildman–Crippen LogP) is 3.69. The summed E-state index contributed by atoms with van der Waals surface area (Å²) in [6.07, 6.45) is 0.336. The van der Waals surface area contributed by atoms with Crippen LogP contribution in [-0.4, -0.2) is 5.11 Å². The standard InChI is InChI=1S/C13H12F2OS/c14-10-6-9(7-11(15)8-10)13(16)4-3-12-2-1-5-17-12/h1-2,5-8,13,16H,3-4H2. The lowest BCUT2D eigenvalue weighted by atomic mass is 10.0. The summed E-state index contributed by atoms with van der Waals surface area (Å²) in [5.74, 6) is -1.31. The molecule has 17 heavy (non-hydrogen) atoms. The van der Waals surface area contributed by atoms with Crippen molar-refractivity contribution in [1.82, 2.24) is 0 Å². The van der Waals surface area contributed by atoms with Gasteiger partial charge < -0.3 is 5.11 Å². The third kappa shape index (κ3) is 3.35. The number of rotatable bonds is 4. The summed E-state index contributed by atoms with van der Waals surface area (Å²) in [6.45, 7) is 0. The monoisotopic (exact) mass is 254 g/mol. The zero-order valence-electron chi connectivity index (χ0n) is 9.07. The van der Waals surface area contributed by atoms with Crippen LogP contribution < -0.4 is 0 Å². The lowest BCUT2D eigenvalue weighted by Gasteiger charge is -2.10. The van der Waals surface area contributed by atoms with E-state index in [1.54, 1.807) is 11.3 Å². The zero-order valence-corrected chi connectivity index (χ0v) is 9.88. The van der Waals surface area contributed by atoms with Crippen LogP contribution in [0.4, 0.5) is 8.78 Å². The van der Waals surface area contributed by atoms with E-state index in [0.29, 0.717) is 18.4 Å². The van der Waals surface area contributed by atoms with Gasteiger partial charge in [-0.05, 0) is 42.0 Å². The van der Waals surface area contributed by atoms with E-state index in [9.17, 15) is 13.9 Å². The van der Waals surface area contributed by atoms with E-state index in [-0.39, 0.29) is 0 Å². The second kappa shape index (κ2) is 5.38. The number of aliphatic hydroxyl groups excluding tert-OH is 1. The first-order chi connectivity index (χ1) is 8.15. The van der Waals surface area contributed by atoms with Crippen molar-refractivity contribution >= 4 is 11.3 Å². The fourth-order valence-corrected chi connectivity index (χ4v) is 2.39. The van der Waals surface area contributed by atoms with Crippen LogP contribution in [0.3, 0.4) is 0 Å². The summed E-state index contributed by atoms with van der Waals surface area (Å²) in [4.78, 5) is 1.15. The second-order valence-corrected chi connectivity index (χ2v) is 4.87. The third-order valence-corrected chi connectivity index (χ3v) is 3.45. The van der Waals surface area contributed by atoms with Crippen LogP contribution in [0.25, 0.3) is 0 Å². The Morgan fingerprint density at radius 3 is 2.47 bits per heavy atom. The average molecular weight is 254 g/mol. The van der Waals surface area contributed by atoms with E-state index in [1.165, 1.54) is 12.1 Å². The minimum absolute atomic E-state index is 0.291. The second-order valence-electron chi connectivity index (χ2n) is 3.84. The number of hydrogen-bond donors (Lipinski definition) is 1. The zero-order chi connectivity index (χ0) is 12.3. The molecule has 0 aliphatic carbocycles. The fourth-order valence-electron chi connectivity index (χ4n) is 1.67. The van der Waals surface area contributed by atoms with Gasteiger partial charge in [0.25, 0.3) is 0 Å². The molecule has 0 aliphatic rings. The number of halogens is 2. The summed E-state index contributed by atoms with van der Waals surface area (Å²) in [7, 11) is 0.